The van der Waals surface area contributed by atoms with Gasteiger partial charge in [-0.15, -0.1) is 10.2 Å². The Morgan fingerprint density at radius 3 is 2.59 bits per heavy atom. The topological polar surface area (TPSA) is 69.0 Å². The van der Waals surface area contributed by atoms with Gasteiger partial charge in [0.25, 0.3) is 0 Å². The average molecular weight is 449 g/mol. The van der Waals surface area contributed by atoms with Gasteiger partial charge >= 0.3 is 0 Å². The molecule has 0 aliphatic carbocycles. The Morgan fingerprint density at radius 1 is 1.03 bits per heavy atom. The average Bonchev–Trinajstić information content (AvgIpc) is 3.20. The van der Waals surface area contributed by atoms with Crippen molar-refractivity contribution < 1.29 is 13.9 Å². The van der Waals surface area contributed by atoms with Gasteiger partial charge in [0.2, 0.25) is 5.91 Å². The van der Waals surface area contributed by atoms with Gasteiger partial charge < -0.3 is 10.1 Å². The van der Waals surface area contributed by atoms with Crippen molar-refractivity contribution in [1.82, 2.24) is 14.8 Å². The van der Waals surface area contributed by atoms with Crippen LogP contribution in [0.5, 0.6) is 5.75 Å². The molecule has 0 radical (unpaired) electrons. The van der Waals surface area contributed by atoms with Crippen LogP contribution in [0.4, 0.5) is 10.1 Å². The number of carbonyl (C=O) groups is 1. The summed E-state index contributed by atoms with van der Waals surface area (Å²) < 4.78 is 21.2. The molecule has 0 saturated heterocycles. The molecule has 4 rings (SSSR count). The Hall–Kier alpha value is -3.65. The lowest BCUT2D eigenvalue weighted by Gasteiger charge is -2.12. The Bertz CT molecular complexity index is 1210. The summed E-state index contributed by atoms with van der Waals surface area (Å²) in [7, 11) is 0. The number of carbonyl (C=O) groups excluding carboxylic acids is 1. The second-order valence-electron chi connectivity index (χ2n) is 6.97. The molecule has 6 nitrogen and oxygen atoms in total. The number of hydrogen-bond donors (Lipinski definition) is 1. The van der Waals surface area contributed by atoms with Crippen LogP contribution >= 0.6 is 11.8 Å². The number of para-hydroxylation sites is 2. The third-order valence-corrected chi connectivity index (χ3v) is 5.53. The van der Waals surface area contributed by atoms with Gasteiger partial charge in [-0.25, -0.2) is 4.39 Å². The summed E-state index contributed by atoms with van der Waals surface area (Å²) in [5.41, 5.74) is 2.31. The predicted molar refractivity (Wildman–Crippen MR) is 123 cm³/mol. The first kappa shape index (κ1) is 21.6. The van der Waals surface area contributed by atoms with Crippen LogP contribution in [0.25, 0.3) is 5.69 Å². The zero-order valence-electron chi connectivity index (χ0n) is 17.4. The lowest BCUT2D eigenvalue weighted by Crippen LogP contribution is -2.15. The van der Waals surface area contributed by atoms with Crippen molar-refractivity contribution in [2.24, 2.45) is 0 Å². The Morgan fingerprint density at radius 2 is 1.81 bits per heavy atom. The van der Waals surface area contributed by atoms with Crippen molar-refractivity contribution in [3.05, 3.63) is 96.1 Å². The summed E-state index contributed by atoms with van der Waals surface area (Å²) in [4.78, 5) is 12.4. The van der Waals surface area contributed by atoms with E-state index >= 15 is 0 Å². The highest BCUT2D eigenvalue weighted by Crippen LogP contribution is 2.24. The number of aromatic nitrogens is 3. The van der Waals surface area contributed by atoms with E-state index in [0.717, 1.165) is 17.0 Å². The van der Waals surface area contributed by atoms with Crippen LogP contribution in [0, 0.1) is 12.7 Å². The van der Waals surface area contributed by atoms with Gasteiger partial charge in [0.15, 0.2) is 11.0 Å². The molecule has 0 aliphatic rings. The summed E-state index contributed by atoms with van der Waals surface area (Å²) in [6.07, 6.45) is 0. The van der Waals surface area contributed by atoms with Crippen LogP contribution in [-0.4, -0.2) is 26.4 Å². The molecule has 0 saturated carbocycles. The second-order valence-corrected chi connectivity index (χ2v) is 7.91. The van der Waals surface area contributed by atoms with Gasteiger partial charge in [-0.05, 0) is 48.9 Å². The van der Waals surface area contributed by atoms with Crippen LogP contribution in [0.2, 0.25) is 0 Å². The maximum atomic E-state index is 13.3. The van der Waals surface area contributed by atoms with E-state index in [9.17, 15) is 9.18 Å². The minimum atomic E-state index is -0.405. The summed E-state index contributed by atoms with van der Waals surface area (Å²) in [5, 5.41) is 11.8. The maximum Gasteiger partial charge on any atom is 0.234 e. The summed E-state index contributed by atoms with van der Waals surface area (Å²) in [6.45, 7) is 2.21. The van der Waals surface area contributed by atoms with Crippen molar-refractivity contribution in [3.63, 3.8) is 0 Å². The first-order valence-electron chi connectivity index (χ1n) is 9.96. The number of amides is 1. The number of benzene rings is 3. The van der Waals surface area contributed by atoms with Crippen molar-refractivity contribution in [2.75, 3.05) is 11.1 Å². The number of nitrogens with zero attached hydrogens (tertiary/aromatic N) is 3. The van der Waals surface area contributed by atoms with E-state index in [-0.39, 0.29) is 18.3 Å². The van der Waals surface area contributed by atoms with Crippen LogP contribution in [-0.2, 0) is 11.4 Å². The van der Waals surface area contributed by atoms with E-state index in [4.69, 9.17) is 4.74 Å². The van der Waals surface area contributed by atoms with Gasteiger partial charge in [-0.2, -0.15) is 0 Å². The minimum absolute atomic E-state index is 0.0974. The van der Waals surface area contributed by atoms with E-state index in [1.807, 2.05) is 66.1 Å². The third-order valence-electron chi connectivity index (χ3n) is 4.61. The number of halogens is 1. The number of rotatable bonds is 8. The standard InChI is InChI=1S/C24H21FN4O2S/c1-17-8-5-6-13-21(17)31-15-22-27-28-24(29(22)20-11-3-2-4-12-20)32-16-23(30)26-19-10-7-9-18(25)14-19/h2-14H,15-16H2,1H3,(H,26,30). The normalized spacial score (nSPS) is 10.7. The molecule has 4 aromatic rings. The zero-order chi connectivity index (χ0) is 22.3. The molecule has 1 N–H and O–H groups in total. The quantitative estimate of drug-likeness (QED) is 0.383. The number of nitrogens with one attached hydrogen (secondary N) is 1. The van der Waals surface area contributed by atoms with Gasteiger partial charge in [0.05, 0.1) is 5.75 Å². The van der Waals surface area contributed by atoms with Crippen molar-refractivity contribution in [2.45, 2.75) is 18.7 Å². The van der Waals surface area contributed by atoms with E-state index in [1.54, 1.807) is 12.1 Å². The molecule has 0 fully saturated rings. The van der Waals surface area contributed by atoms with E-state index in [0.29, 0.717) is 16.7 Å². The molecule has 1 amide bonds. The molecule has 1 heterocycles. The molecule has 0 atom stereocenters. The van der Waals surface area contributed by atoms with Crippen molar-refractivity contribution >= 4 is 23.4 Å². The molecule has 8 heteroatoms. The van der Waals surface area contributed by atoms with Crippen LogP contribution in [0.1, 0.15) is 11.4 Å². The molecule has 162 valence electrons. The predicted octanol–water partition coefficient (Wildman–Crippen LogP) is 5.02. The van der Waals surface area contributed by atoms with Crippen molar-refractivity contribution in [3.8, 4) is 11.4 Å². The van der Waals surface area contributed by atoms with E-state index < -0.39 is 5.82 Å². The molecule has 32 heavy (non-hydrogen) atoms. The highest BCUT2D eigenvalue weighted by atomic mass is 32.2. The first-order chi connectivity index (χ1) is 15.6. The number of aryl methyl sites for hydroxylation is 1. The van der Waals surface area contributed by atoms with Gasteiger partial charge in [-0.1, -0.05) is 54.2 Å². The van der Waals surface area contributed by atoms with Crippen LogP contribution < -0.4 is 10.1 Å². The fraction of sp³-hybridized carbons (Fsp3) is 0.125. The largest absolute Gasteiger partial charge is 0.485 e. The monoisotopic (exact) mass is 448 g/mol. The highest BCUT2D eigenvalue weighted by molar-refractivity contribution is 7.99. The summed E-state index contributed by atoms with van der Waals surface area (Å²) in [5.74, 6) is 0.824. The fourth-order valence-electron chi connectivity index (χ4n) is 3.08. The van der Waals surface area contributed by atoms with Crippen LogP contribution in [0.15, 0.2) is 84.0 Å². The Balaban J connectivity index is 1.50. The molecule has 0 bridgehead atoms. The number of anilines is 1. The molecule has 3 aromatic carbocycles. The minimum Gasteiger partial charge on any atom is -0.485 e. The van der Waals surface area contributed by atoms with Crippen LogP contribution in [0.3, 0.4) is 0 Å². The maximum absolute atomic E-state index is 13.3. The highest BCUT2D eigenvalue weighted by Gasteiger charge is 2.17. The van der Waals surface area contributed by atoms with Crippen molar-refractivity contribution in [1.29, 1.82) is 0 Å². The first-order valence-corrected chi connectivity index (χ1v) is 10.9. The van der Waals surface area contributed by atoms with Gasteiger partial charge in [0, 0.05) is 11.4 Å². The van der Waals surface area contributed by atoms with E-state index in [2.05, 4.69) is 15.5 Å². The molecular formula is C24H21FN4O2S. The molecule has 0 aliphatic heterocycles. The molecular weight excluding hydrogens is 427 g/mol. The lowest BCUT2D eigenvalue weighted by atomic mass is 10.2. The molecule has 1 aromatic heterocycles. The SMILES string of the molecule is Cc1ccccc1OCc1nnc(SCC(=O)Nc2cccc(F)c2)n1-c1ccccc1. The lowest BCUT2D eigenvalue weighted by molar-refractivity contribution is -0.113. The number of thioether (sulfide) groups is 1. The Labute approximate surface area is 189 Å². The summed E-state index contributed by atoms with van der Waals surface area (Å²) in [6, 6.07) is 23.2. The smallest absolute Gasteiger partial charge is 0.234 e. The third kappa shape index (κ3) is 5.33. The van der Waals surface area contributed by atoms with E-state index in [1.165, 1.54) is 23.9 Å². The number of ether oxygens (including phenoxy) is 1. The van der Waals surface area contributed by atoms with Gasteiger partial charge in [0.1, 0.15) is 18.2 Å². The van der Waals surface area contributed by atoms with Gasteiger partial charge in [-0.3, -0.25) is 9.36 Å². The zero-order valence-corrected chi connectivity index (χ0v) is 18.2. The molecule has 0 unspecified atom stereocenters. The molecule has 0 spiro atoms. The Kier molecular flexibility index (Phi) is 6.81. The fourth-order valence-corrected chi connectivity index (χ4v) is 3.85. The second kappa shape index (κ2) is 10.1. The summed E-state index contributed by atoms with van der Waals surface area (Å²) >= 11 is 1.25. The number of hydrogen-bond acceptors (Lipinski definition) is 5.